The Labute approximate surface area is 138 Å². The largest absolute Gasteiger partial charge is 0.379 e. The van der Waals surface area contributed by atoms with Crippen LogP contribution in [0.2, 0.25) is 0 Å². The molecule has 1 saturated heterocycles. The number of benzene rings is 2. The Morgan fingerprint density at radius 1 is 0.957 bits per heavy atom. The Morgan fingerprint density at radius 2 is 1.61 bits per heavy atom. The second-order valence-electron chi connectivity index (χ2n) is 6.03. The maximum atomic E-state index is 6.27. The first-order valence-electron chi connectivity index (χ1n) is 8.36. The molecular weight excluding hydrogens is 286 g/mol. The van der Waals surface area contributed by atoms with Gasteiger partial charge in [-0.05, 0) is 18.1 Å². The van der Waals surface area contributed by atoms with Crippen molar-refractivity contribution in [2.45, 2.75) is 13.0 Å². The number of hydrogen-bond donors (Lipinski definition) is 0. The maximum absolute atomic E-state index is 6.27. The number of rotatable bonds is 6. The Kier molecular flexibility index (Phi) is 5.81. The molecule has 1 aliphatic rings. The van der Waals surface area contributed by atoms with Crippen LogP contribution in [0.5, 0.6) is 0 Å². The quantitative estimate of drug-likeness (QED) is 0.816. The Balaban J connectivity index is 1.66. The molecule has 122 valence electrons. The molecule has 2 aromatic rings. The number of morpholine rings is 1. The van der Waals surface area contributed by atoms with Crippen LogP contribution in [0, 0.1) is 6.92 Å². The Bertz CT molecular complexity index is 576. The first kappa shape index (κ1) is 16.2. The Morgan fingerprint density at radius 3 is 2.30 bits per heavy atom. The van der Waals surface area contributed by atoms with Crippen LogP contribution in [0.15, 0.2) is 54.6 Å². The van der Waals surface area contributed by atoms with Gasteiger partial charge in [-0.25, -0.2) is 0 Å². The van der Waals surface area contributed by atoms with E-state index in [2.05, 4.69) is 60.4 Å². The molecule has 0 spiro atoms. The van der Waals surface area contributed by atoms with Crippen LogP contribution >= 0.6 is 0 Å². The summed E-state index contributed by atoms with van der Waals surface area (Å²) in [5.74, 6) is 0. The number of nitrogens with zero attached hydrogens (tertiary/aromatic N) is 1. The minimum atomic E-state index is -0.00200. The third kappa shape index (κ3) is 4.64. The van der Waals surface area contributed by atoms with Gasteiger partial charge in [0.1, 0.15) is 6.10 Å². The van der Waals surface area contributed by atoms with Gasteiger partial charge in [0.25, 0.3) is 0 Å². The molecule has 2 aromatic carbocycles. The summed E-state index contributed by atoms with van der Waals surface area (Å²) in [7, 11) is 0. The molecule has 0 N–H and O–H groups in total. The summed E-state index contributed by atoms with van der Waals surface area (Å²) >= 11 is 0. The van der Waals surface area contributed by atoms with Crippen LogP contribution in [0.25, 0.3) is 0 Å². The number of aryl methyl sites for hydroxylation is 1. The van der Waals surface area contributed by atoms with E-state index >= 15 is 0 Å². The van der Waals surface area contributed by atoms with Gasteiger partial charge in [-0.2, -0.15) is 0 Å². The van der Waals surface area contributed by atoms with E-state index in [-0.39, 0.29) is 6.10 Å². The van der Waals surface area contributed by atoms with Crippen LogP contribution in [0.3, 0.4) is 0 Å². The van der Waals surface area contributed by atoms with E-state index in [1.54, 1.807) is 0 Å². The molecule has 0 aromatic heterocycles. The van der Waals surface area contributed by atoms with Crippen molar-refractivity contribution in [1.29, 1.82) is 0 Å². The van der Waals surface area contributed by atoms with Gasteiger partial charge in [0.2, 0.25) is 0 Å². The molecule has 1 aliphatic heterocycles. The highest BCUT2D eigenvalue weighted by atomic mass is 16.5. The lowest BCUT2D eigenvalue weighted by Crippen LogP contribution is -2.38. The number of hydrogen-bond acceptors (Lipinski definition) is 3. The highest BCUT2D eigenvalue weighted by Crippen LogP contribution is 2.26. The summed E-state index contributed by atoms with van der Waals surface area (Å²) in [5, 5.41) is 0. The summed E-state index contributed by atoms with van der Waals surface area (Å²) in [6.45, 7) is 7.47. The zero-order valence-electron chi connectivity index (χ0n) is 13.8. The summed E-state index contributed by atoms with van der Waals surface area (Å²) in [4.78, 5) is 2.40. The standard InChI is InChI=1S/C20H25NO2/c1-17-7-9-19(10-8-17)20(18-5-3-2-4-6-18)23-16-13-21-11-14-22-15-12-21/h2-10,20H,11-16H2,1H3. The zero-order chi connectivity index (χ0) is 15.9. The smallest absolute Gasteiger partial charge is 0.108 e. The van der Waals surface area contributed by atoms with Gasteiger partial charge in [-0.3, -0.25) is 4.90 Å². The molecule has 3 rings (SSSR count). The van der Waals surface area contributed by atoms with Crippen molar-refractivity contribution in [1.82, 2.24) is 4.90 Å². The molecule has 23 heavy (non-hydrogen) atoms. The molecule has 0 aliphatic carbocycles. The zero-order valence-corrected chi connectivity index (χ0v) is 13.8. The third-order valence-corrected chi connectivity index (χ3v) is 4.28. The topological polar surface area (TPSA) is 21.7 Å². The van der Waals surface area contributed by atoms with E-state index in [0.29, 0.717) is 0 Å². The van der Waals surface area contributed by atoms with E-state index in [4.69, 9.17) is 9.47 Å². The molecule has 3 nitrogen and oxygen atoms in total. The number of ether oxygens (including phenoxy) is 2. The summed E-state index contributed by atoms with van der Waals surface area (Å²) in [6, 6.07) is 19.1. The lowest BCUT2D eigenvalue weighted by atomic mass is 10.0. The molecule has 0 saturated carbocycles. The van der Waals surface area contributed by atoms with Gasteiger partial charge in [-0.15, -0.1) is 0 Å². The fourth-order valence-electron chi connectivity index (χ4n) is 2.88. The molecule has 0 bridgehead atoms. The predicted octanol–water partition coefficient (Wildman–Crippen LogP) is 3.43. The Hall–Kier alpha value is -1.68. The van der Waals surface area contributed by atoms with E-state index in [9.17, 15) is 0 Å². The minimum absolute atomic E-state index is 0.00200. The van der Waals surface area contributed by atoms with E-state index in [0.717, 1.165) is 39.5 Å². The average molecular weight is 311 g/mol. The summed E-state index contributed by atoms with van der Waals surface area (Å²) in [5.41, 5.74) is 3.69. The van der Waals surface area contributed by atoms with Gasteiger partial charge in [0, 0.05) is 19.6 Å². The van der Waals surface area contributed by atoms with Gasteiger partial charge < -0.3 is 9.47 Å². The molecule has 1 fully saturated rings. The van der Waals surface area contributed by atoms with Gasteiger partial charge in [-0.1, -0.05) is 60.2 Å². The van der Waals surface area contributed by atoms with Gasteiger partial charge in [0.05, 0.1) is 19.8 Å². The van der Waals surface area contributed by atoms with Crippen LogP contribution in [0.4, 0.5) is 0 Å². The fraction of sp³-hybridized carbons (Fsp3) is 0.400. The van der Waals surface area contributed by atoms with Crippen molar-refractivity contribution >= 4 is 0 Å². The van der Waals surface area contributed by atoms with E-state index in [1.807, 2.05) is 6.07 Å². The third-order valence-electron chi connectivity index (χ3n) is 4.28. The van der Waals surface area contributed by atoms with Crippen molar-refractivity contribution in [3.8, 4) is 0 Å². The molecule has 0 amide bonds. The molecule has 1 unspecified atom stereocenters. The monoisotopic (exact) mass is 311 g/mol. The molecular formula is C20H25NO2. The lowest BCUT2D eigenvalue weighted by Gasteiger charge is -2.27. The summed E-state index contributed by atoms with van der Waals surface area (Å²) < 4.78 is 11.7. The highest BCUT2D eigenvalue weighted by Gasteiger charge is 2.16. The maximum Gasteiger partial charge on any atom is 0.108 e. The second kappa shape index (κ2) is 8.25. The van der Waals surface area contributed by atoms with Gasteiger partial charge in [0.15, 0.2) is 0 Å². The van der Waals surface area contributed by atoms with Crippen molar-refractivity contribution in [3.05, 3.63) is 71.3 Å². The molecule has 0 radical (unpaired) electrons. The highest BCUT2D eigenvalue weighted by molar-refractivity contribution is 5.31. The SMILES string of the molecule is Cc1ccc(C(OCCN2CCOCC2)c2ccccc2)cc1. The molecule has 1 atom stereocenters. The first-order valence-corrected chi connectivity index (χ1v) is 8.36. The summed E-state index contributed by atoms with van der Waals surface area (Å²) in [6.07, 6.45) is -0.00200. The van der Waals surface area contributed by atoms with Crippen LogP contribution in [-0.2, 0) is 9.47 Å². The van der Waals surface area contributed by atoms with Crippen molar-refractivity contribution < 1.29 is 9.47 Å². The van der Waals surface area contributed by atoms with Crippen molar-refractivity contribution in [3.63, 3.8) is 0 Å². The predicted molar refractivity (Wildman–Crippen MR) is 92.7 cm³/mol. The lowest BCUT2D eigenvalue weighted by molar-refractivity contribution is 0.00967. The first-order chi connectivity index (χ1) is 11.3. The van der Waals surface area contributed by atoms with Crippen LogP contribution in [0.1, 0.15) is 22.8 Å². The average Bonchev–Trinajstić information content (AvgIpc) is 2.61. The minimum Gasteiger partial charge on any atom is -0.379 e. The van der Waals surface area contributed by atoms with E-state index in [1.165, 1.54) is 16.7 Å². The van der Waals surface area contributed by atoms with E-state index < -0.39 is 0 Å². The normalized spacial score (nSPS) is 17.1. The van der Waals surface area contributed by atoms with Gasteiger partial charge >= 0.3 is 0 Å². The fourth-order valence-corrected chi connectivity index (χ4v) is 2.88. The molecule has 3 heteroatoms. The van der Waals surface area contributed by atoms with Crippen molar-refractivity contribution in [2.24, 2.45) is 0 Å². The second-order valence-corrected chi connectivity index (χ2v) is 6.03. The van der Waals surface area contributed by atoms with Crippen LogP contribution in [-0.4, -0.2) is 44.4 Å². The van der Waals surface area contributed by atoms with Crippen molar-refractivity contribution in [2.75, 3.05) is 39.5 Å². The van der Waals surface area contributed by atoms with Crippen LogP contribution < -0.4 is 0 Å². The molecule has 1 heterocycles.